The van der Waals surface area contributed by atoms with Crippen molar-refractivity contribution in [1.29, 1.82) is 0 Å². The van der Waals surface area contributed by atoms with Gasteiger partial charge in [-0.3, -0.25) is 74.0 Å². The number of primary amides is 1. The molecule has 2 aromatic carbocycles. The highest BCUT2D eigenvalue weighted by Gasteiger charge is 2.43. The van der Waals surface area contributed by atoms with Crippen molar-refractivity contribution in [3.05, 3.63) is 71.9 Å². The van der Waals surface area contributed by atoms with Crippen molar-refractivity contribution >= 4 is 76.0 Å². The van der Waals surface area contributed by atoms with E-state index in [1.54, 1.807) is 43.5 Å². The summed E-state index contributed by atoms with van der Waals surface area (Å²) in [4.78, 5) is 133. The Morgan fingerprint density at radius 2 is 1.15 bits per heavy atom. The number of hydrogen-bond acceptors (Lipinski definition) is 25. The summed E-state index contributed by atoms with van der Waals surface area (Å²) in [7, 11) is 0. The molecule has 2 fully saturated rings. The number of H-pyrrole nitrogens is 1. The number of nitrogens with zero attached hydrogens (tertiary/aromatic N) is 3. The number of aromatic amines is 1. The lowest BCUT2D eigenvalue weighted by molar-refractivity contribution is -0.136. The van der Waals surface area contributed by atoms with Gasteiger partial charge >= 0.3 is 0 Å². The number of hydrogen-bond donors (Lipinski definition) is 27. The number of benzene rings is 2. The summed E-state index contributed by atoms with van der Waals surface area (Å²) in [5.41, 5.74) is 36.1. The van der Waals surface area contributed by atoms with Crippen LogP contribution in [0.3, 0.4) is 0 Å². The summed E-state index contributed by atoms with van der Waals surface area (Å²) in [5, 5.41) is 126. The number of carbonyl (C=O) groups is 9. The molecule has 0 aliphatic carbocycles. The van der Waals surface area contributed by atoms with Gasteiger partial charge in [-0.05, 0) is 108 Å². The number of unbranched alkanes of at least 4 members (excludes halogenated alkanes) is 14. The minimum atomic E-state index is -1.73. The Hall–Kier alpha value is -8.81. The highest BCUT2D eigenvalue weighted by Crippen LogP contribution is 2.25. The molecule has 0 bridgehead atoms. The Balaban J connectivity index is 0.000000517. The Kier molecular flexibility index (Phi) is 51.9. The number of nitrogens with two attached hydrogens (primary N) is 6. The molecular weight excluding hydrogens is 1590 g/mol. The van der Waals surface area contributed by atoms with Crippen LogP contribution in [0.15, 0.2) is 70.8 Å². The van der Waals surface area contributed by atoms with Gasteiger partial charge < -0.3 is 128 Å². The Morgan fingerprint density at radius 1 is 0.577 bits per heavy atom. The summed E-state index contributed by atoms with van der Waals surface area (Å²) in [6.07, 6.45) is 12.6. The van der Waals surface area contributed by atoms with Crippen LogP contribution in [0.4, 0.5) is 0 Å². The number of fused-ring (bicyclic) bond motifs is 2. The van der Waals surface area contributed by atoms with E-state index in [0.29, 0.717) is 49.7 Å². The van der Waals surface area contributed by atoms with E-state index in [0.717, 1.165) is 43.0 Å². The first-order valence-corrected chi connectivity index (χ1v) is 43.9. The molecule has 1 unspecified atom stereocenters. The Morgan fingerprint density at radius 3 is 1.77 bits per heavy atom. The van der Waals surface area contributed by atoms with Gasteiger partial charge in [-0.1, -0.05) is 152 Å². The summed E-state index contributed by atoms with van der Waals surface area (Å²) in [5.74, 6) is -6.09. The van der Waals surface area contributed by atoms with E-state index in [-0.39, 0.29) is 114 Å². The Labute approximate surface area is 722 Å². The highest BCUT2D eigenvalue weighted by atomic mass is 16.3. The first-order chi connectivity index (χ1) is 58.8. The van der Waals surface area contributed by atoms with Gasteiger partial charge in [-0.15, -0.1) is 0 Å². The van der Waals surface area contributed by atoms with Crippen molar-refractivity contribution in [1.82, 2.24) is 68.4 Å². The third kappa shape index (κ3) is 41.7. The van der Waals surface area contributed by atoms with E-state index in [9.17, 15) is 89.1 Å². The lowest BCUT2D eigenvalue weighted by atomic mass is 10.0. The molecule has 33 N–H and O–H groups in total. The second-order valence-electron chi connectivity index (χ2n) is 32.3. The number of nitrogens with one attached hydrogen (secondary N) is 12. The number of rotatable bonds is 49. The summed E-state index contributed by atoms with van der Waals surface area (Å²) >= 11 is 0. The van der Waals surface area contributed by atoms with Crippen LogP contribution in [0.2, 0.25) is 0 Å². The molecule has 2 aliphatic rings. The van der Waals surface area contributed by atoms with E-state index in [1.807, 2.05) is 31.2 Å². The van der Waals surface area contributed by atoms with Crippen molar-refractivity contribution in [3.63, 3.8) is 0 Å². The molecule has 39 nitrogen and oxygen atoms in total. The largest absolute Gasteiger partial charge is 0.394 e. The smallest absolute Gasteiger partial charge is 0.243 e. The average molecular weight is 1740 g/mol. The normalized spacial score (nSPS) is 21.7. The lowest BCUT2D eigenvalue weighted by Crippen LogP contribution is -2.64. The zero-order valence-corrected chi connectivity index (χ0v) is 72.3. The molecule has 39 heteroatoms. The van der Waals surface area contributed by atoms with Gasteiger partial charge in [0.25, 0.3) is 0 Å². The van der Waals surface area contributed by atoms with Gasteiger partial charge in [0.1, 0.15) is 55.1 Å². The standard InChI is InChI=1S/C42H60N12O8.C42H87N9O10/c43-28-15-16-35(56)47-17-7-6-13-30(36(44)57)50-39(60)33(20-25-22-49-29-12-5-4-11-27(25)29)52-37(58)31(14-8-18-48-42(45)46)51-38(59)32(19-24-9-2-1-3-10-24)53-40(61)34-21-26(55)23-54(34)41(28)62;1-5-7-9-10-11-12-13-14-15-16-17-18-19-24-35(56)46-26-36(57)47-33(27-52)39(59)50-34(28-53)40(60)49-32(23-20-21-25-45-42(43)44)38(58)51-37(30(4)55)41(61)48-31(29(3)54)22-8-6-2/h1-5,9-12,22,26,28,30-34,41,49,55,62H,6-8,13-21,23,43H2,(H2,44,57)(H,47,56)(H,50,60)(H,51,59)(H,52,58)(H,53,61)(H4,45,46,48);29-34,37-39,41,48,50-55,58-59,61H,5-28H2,1-4H3,(H,46,56)(H,47,57)(H,49,60)(H4,43,44,45)/t26-,28+,30+,31+,32-,33+,34+,41+;29-,30?,31+,32+,33+,34+,37+,38+,39+,41+/m11/s1. The van der Waals surface area contributed by atoms with Gasteiger partial charge in [-0.25, -0.2) is 0 Å². The van der Waals surface area contributed by atoms with Crippen LogP contribution in [0.25, 0.3) is 10.9 Å². The van der Waals surface area contributed by atoms with Gasteiger partial charge in [0.15, 0.2) is 11.9 Å². The van der Waals surface area contributed by atoms with Crippen molar-refractivity contribution in [2.24, 2.45) is 44.4 Å². The predicted octanol–water partition coefficient (Wildman–Crippen LogP) is -2.64. The number of carbonyl (C=O) groups excluding carboxylic acids is 9. The second kappa shape index (κ2) is 59.9. The van der Waals surface area contributed by atoms with Crippen LogP contribution in [0.5, 0.6) is 0 Å². The molecule has 696 valence electrons. The van der Waals surface area contributed by atoms with E-state index >= 15 is 0 Å². The summed E-state index contributed by atoms with van der Waals surface area (Å²) in [6.45, 7) is 5.76. The summed E-state index contributed by atoms with van der Waals surface area (Å²) in [6, 6.07) is 3.73. The third-order valence-electron chi connectivity index (χ3n) is 21.9. The third-order valence-corrected chi connectivity index (χ3v) is 21.9. The van der Waals surface area contributed by atoms with Crippen molar-refractivity contribution in [2.75, 3.05) is 45.9 Å². The molecule has 18 atom stereocenters. The molecule has 9 amide bonds. The molecule has 3 aromatic rings. The monoisotopic (exact) mass is 1740 g/mol. The average Bonchev–Trinajstić information content (AvgIpc) is 1.72. The van der Waals surface area contributed by atoms with E-state index in [4.69, 9.17) is 34.4 Å². The molecule has 2 aliphatic heterocycles. The van der Waals surface area contributed by atoms with Crippen LogP contribution in [0, 0.1) is 0 Å². The highest BCUT2D eigenvalue weighted by molar-refractivity contribution is 5.97. The quantitative estimate of drug-likeness (QED) is 0.0119. The fraction of sp³-hybridized carbons (Fsp3) is 0.702. The predicted molar refractivity (Wildman–Crippen MR) is 468 cm³/mol. The van der Waals surface area contributed by atoms with E-state index in [1.165, 1.54) is 69.6 Å². The number of aliphatic hydroxyl groups excluding tert-OH is 9. The fourth-order valence-corrected chi connectivity index (χ4v) is 14.7. The molecule has 2 saturated heterocycles. The van der Waals surface area contributed by atoms with Crippen LogP contribution >= 0.6 is 0 Å². The van der Waals surface area contributed by atoms with Gasteiger partial charge in [-0.2, -0.15) is 0 Å². The first kappa shape index (κ1) is 107. The van der Waals surface area contributed by atoms with Gasteiger partial charge in [0, 0.05) is 81.0 Å². The fourth-order valence-electron chi connectivity index (χ4n) is 14.7. The second-order valence-corrected chi connectivity index (χ2v) is 32.3. The minimum absolute atomic E-state index is 0.00664. The van der Waals surface area contributed by atoms with Crippen LogP contribution in [-0.2, 0) is 56.0 Å². The SMILES string of the molecule is CCCCCCCCCCCCCCCC(=O)NCC(=O)N[C@@H](CO)[C@H](O)N[C@@H](CO)C(=O)N[C@@H](CCCCN=C(N)N)[C@H](O)N[C@@H](C(C)O)[C@H](O)N[C@@H](CCCC)[C@@H](C)O.NC(=O)[C@@H]1CCCCNC(=O)CC[C@H](N)[C@H](O)N2C[C@H](O)C[C@H]2C(=O)N[C@H](Cc2ccccc2)C(=O)N[C@@H](CCCN=C(N)N)C(=O)N[C@@H](Cc2c[nH]c3ccccc23)C(=O)N1. The lowest BCUT2D eigenvalue weighted by Gasteiger charge is -2.35. The number of para-hydroxylation sites is 1. The zero-order chi connectivity index (χ0) is 90.8. The molecule has 123 heavy (non-hydrogen) atoms. The van der Waals surface area contributed by atoms with Crippen molar-refractivity contribution in [2.45, 2.75) is 330 Å². The van der Waals surface area contributed by atoms with E-state index < -0.39 is 171 Å². The van der Waals surface area contributed by atoms with Crippen molar-refractivity contribution < 1.29 is 89.1 Å². The van der Waals surface area contributed by atoms with Gasteiger partial charge in [0.05, 0.1) is 62.2 Å². The minimum Gasteiger partial charge on any atom is -0.394 e. The maximum atomic E-state index is 14.4. The van der Waals surface area contributed by atoms with Gasteiger partial charge in [0.2, 0.25) is 53.2 Å². The van der Waals surface area contributed by atoms with Crippen LogP contribution in [-0.4, -0.2) is 277 Å². The number of guanidine groups is 2. The zero-order valence-electron chi connectivity index (χ0n) is 72.3. The topological polar surface area (TPSA) is 668 Å². The van der Waals surface area contributed by atoms with Crippen molar-refractivity contribution in [3.8, 4) is 0 Å². The molecule has 5 rings (SSSR count). The first-order valence-electron chi connectivity index (χ1n) is 43.9. The molecule has 0 spiro atoms. The molecule has 0 saturated carbocycles. The summed E-state index contributed by atoms with van der Waals surface area (Å²) < 4.78 is 0. The molecular formula is C84H147N21O18. The molecule has 3 heterocycles. The van der Waals surface area contributed by atoms with E-state index in [2.05, 4.69) is 80.4 Å². The maximum absolute atomic E-state index is 14.4. The number of amides is 9. The maximum Gasteiger partial charge on any atom is 0.243 e. The number of aromatic nitrogens is 1. The number of aliphatic imine (C=N–C) groups is 2. The number of aliphatic hydroxyl groups is 9. The van der Waals surface area contributed by atoms with Crippen LogP contribution < -0.4 is 92.9 Å². The molecule has 1 aromatic heterocycles. The van der Waals surface area contributed by atoms with Crippen LogP contribution in [0.1, 0.15) is 219 Å². The molecule has 0 radical (unpaired) electrons. The Bertz CT molecular complexity index is 3630.